The summed E-state index contributed by atoms with van der Waals surface area (Å²) >= 11 is 1.62. The highest BCUT2D eigenvalue weighted by Gasteiger charge is 2.19. The van der Waals surface area contributed by atoms with Gasteiger partial charge >= 0.3 is 0 Å². The van der Waals surface area contributed by atoms with Crippen LogP contribution in [0.2, 0.25) is 0 Å². The van der Waals surface area contributed by atoms with Crippen molar-refractivity contribution in [3.8, 4) is 5.69 Å². The van der Waals surface area contributed by atoms with E-state index in [2.05, 4.69) is 20.8 Å². The minimum Gasteiger partial charge on any atom is -0.340 e. The van der Waals surface area contributed by atoms with E-state index < -0.39 is 0 Å². The molecule has 128 valence electrons. The number of thiophene rings is 1. The minimum atomic E-state index is -0.194. The summed E-state index contributed by atoms with van der Waals surface area (Å²) in [6.45, 7) is 0. The molecule has 4 aromatic rings. The van der Waals surface area contributed by atoms with Crippen LogP contribution < -0.4 is 5.32 Å². The number of hydrogen-bond acceptors (Lipinski definition) is 5. The van der Waals surface area contributed by atoms with Gasteiger partial charge in [0.15, 0.2) is 0 Å². The molecule has 0 aliphatic rings. The summed E-state index contributed by atoms with van der Waals surface area (Å²) in [6, 6.07) is 21.0. The maximum Gasteiger partial charge on any atom is 0.252 e. The van der Waals surface area contributed by atoms with Crippen LogP contribution in [0.15, 0.2) is 78.4 Å². The number of nitrogens with one attached hydrogen (secondary N) is 1. The van der Waals surface area contributed by atoms with E-state index in [0.717, 1.165) is 16.1 Å². The summed E-state index contributed by atoms with van der Waals surface area (Å²) < 4.78 is 1.52. The van der Waals surface area contributed by atoms with Crippen LogP contribution in [0, 0.1) is 0 Å². The number of nitrogens with zero attached hydrogens (tertiary/aromatic N) is 4. The Bertz CT molecular complexity index is 984. The van der Waals surface area contributed by atoms with Crippen molar-refractivity contribution in [1.29, 1.82) is 0 Å². The maximum atomic E-state index is 12.9. The highest BCUT2D eigenvalue weighted by atomic mass is 32.1. The first-order chi connectivity index (χ1) is 12.8. The van der Waals surface area contributed by atoms with Crippen molar-refractivity contribution in [2.75, 3.05) is 0 Å². The van der Waals surface area contributed by atoms with Crippen LogP contribution in [0.3, 0.4) is 0 Å². The molecule has 0 bridgehead atoms. The molecule has 2 aromatic heterocycles. The Morgan fingerprint density at radius 2 is 1.92 bits per heavy atom. The zero-order chi connectivity index (χ0) is 17.8. The molecule has 6 nitrogen and oxygen atoms in total. The zero-order valence-corrected chi connectivity index (χ0v) is 14.5. The molecule has 0 saturated heterocycles. The molecule has 26 heavy (non-hydrogen) atoms. The fourth-order valence-corrected chi connectivity index (χ4v) is 3.51. The van der Waals surface area contributed by atoms with Crippen LogP contribution in [0.5, 0.6) is 0 Å². The molecule has 0 spiro atoms. The molecular formula is C19H15N5OS. The average molecular weight is 361 g/mol. The number of tetrazole rings is 1. The predicted octanol–water partition coefficient (Wildman–Crippen LogP) is 3.24. The third-order valence-electron chi connectivity index (χ3n) is 3.96. The van der Waals surface area contributed by atoms with Crippen LogP contribution in [-0.4, -0.2) is 26.1 Å². The van der Waals surface area contributed by atoms with Crippen molar-refractivity contribution in [1.82, 2.24) is 25.5 Å². The van der Waals surface area contributed by atoms with Gasteiger partial charge in [-0.1, -0.05) is 42.5 Å². The quantitative estimate of drug-likeness (QED) is 0.592. The molecule has 0 aliphatic carbocycles. The van der Waals surface area contributed by atoms with E-state index in [9.17, 15) is 4.79 Å². The fourth-order valence-electron chi connectivity index (χ4n) is 2.70. The van der Waals surface area contributed by atoms with Crippen molar-refractivity contribution in [2.45, 2.75) is 6.04 Å². The first-order valence-electron chi connectivity index (χ1n) is 8.04. The van der Waals surface area contributed by atoms with Crippen LogP contribution in [-0.2, 0) is 0 Å². The lowest BCUT2D eigenvalue weighted by atomic mass is 10.0. The normalized spacial score (nSPS) is 11.8. The number of carbonyl (C=O) groups is 1. The van der Waals surface area contributed by atoms with Crippen LogP contribution in [0.4, 0.5) is 0 Å². The van der Waals surface area contributed by atoms with E-state index >= 15 is 0 Å². The van der Waals surface area contributed by atoms with Crippen molar-refractivity contribution in [2.24, 2.45) is 0 Å². The second kappa shape index (κ2) is 7.28. The number of aromatic nitrogens is 4. The molecule has 1 atom stereocenters. The fraction of sp³-hybridized carbons (Fsp3) is 0.0526. The van der Waals surface area contributed by atoms with Crippen molar-refractivity contribution in [3.05, 3.63) is 94.4 Å². The Morgan fingerprint density at radius 3 is 2.65 bits per heavy atom. The molecule has 1 N–H and O–H groups in total. The number of amides is 1. The lowest BCUT2D eigenvalue weighted by molar-refractivity contribution is 0.0943. The van der Waals surface area contributed by atoms with Crippen LogP contribution in [0.25, 0.3) is 5.69 Å². The Hall–Kier alpha value is -3.32. The molecule has 7 heteroatoms. The van der Waals surface area contributed by atoms with E-state index in [1.165, 1.54) is 11.0 Å². The summed E-state index contributed by atoms with van der Waals surface area (Å²) in [7, 11) is 0. The Kier molecular flexibility index (Phi) is 4.53. The van der Waals surface area contributed by atoms with Crippen LogP contribution >= 0.6 is 11.3 Å². The molecule has 1 unspecified atom stereocenters. The largest absolute Gasteiger partial charge is 0.340 e. The van der Waals surface area contributed by atoms with Gasteiger partial charge in [-0.15, -0.1) is 16.4 Å². The summed E-state index contributed by atoms with van der Waals surface area (Å²) in [6.07, 6.45) is 1.50. The molecule has 0 aliphatic heterocycles. The van der Waals surface area contributed by atoms with Gasteiger partial charge in [-0.25, -0.2) is 4.68 Å². The lowest BCUT2D eigenvalue weighted by Crippen LogP contribution is -2.28. The summed E-state index contributed by atoms with van der Waals surface area (Å²) in [5, 5.41) is 16.3. The summed E-state index contributed by atoms with van der Waals surface area (Å²) in [5.74, 6) is -0.151. The standard InChI is InChI=1S/C19H15N5OS/c25-19(15-8-4-9-16(12-15)24-13-20-22-23-24)21-18(17-10-5-11-26-17)14-6-2-1-3-7-14/h1-13,18H,(H,21,25). The number of rotatable bonds is 5. The molecule has 1 amide bonds. The van der Waals surface area contributed by atoms with Crippen LogP contribution in [0.1, 0.15) is 26.8 Å². The molecule has 0 radical (unpaired) electrons. The molecule has 4 rings (SSSR count). The average Bonchev–Trinajstić information content (AvgIpc) is 3.40. The van der Waals surface area contributed by atoms with E-state index in [1.54, 1.807) is 23.5 Å². The Labute approximate surface area is 154 Å². The van der Waals surface area contributed by atoms with Gasteiger partial charge < -0.3 is 5.32 Å². The molecule has 2 heterocycles. The molecular weight excluding hydrogens is 346 g/mol. The monoisotopic (exact) mass is 361 g/mol. The zero-order valence-electron chi connectivity index (χ0n) is 13.7. The SMILES string of the molecule is O=C(NC(c1ccccc1)c1cccs1)c1cccc(-n2cnnn2)c1. The predicted molar refractivity (Wildman–Crippen MR) is 99.2 cm³/mol. The first-order valence-corrected chi connectivity index (χ1v) is 8.92. The second-order valence-electron chi connectivity index (χ2n) is 5.64. The summed E-state index contributed by atoms with van der Waals surface area (Å²) in [5.41, 5.74) is 2.32. The van der Waals surface area contributed by atoms with Gasteiger partial charge in [0.25, 0.3) is 5.91 Å². The number of hydrogen-bond donors (Lipinski definition) is 1. The van der Waals surface area contributed by atoms with Gasteiger partial charge in [0.1, 0.15) is 6.33 Å². The van der Waals surface area contributed by atoms with E-state index in [4.69, 9.17) is 0 Å². The van der Waals surface area contributed by atoms with Gasteiger partial charge in [0.2, 0.25) is 0 Å². The summed E-state index contributed by atoms with van der Waals surface area (Å²) in [4.78, 5) is 14.0. The maximum absolute atomic E-state index is 12.9. The molecule has 0 saturated carbocycles. The van der Waals surface area contributed by atoms with Gasteiger partial charge in [-0.3, -0.25) is 4.79 Å². The van der Waals surface area contributed by atoms with Crippen molar-refractivity contribution >= 4 is 17.2 Å². The van der Waals surface area contributed by atoms with Gasteiger partial charge in [-0.05, 0) is 45.6 Å². The minimum absolute atomic E-state index is 0.151. The third kappa shape index (κ3) is 3.38. The first kappa shape index (κ1) is 16.2. The van der Waals surface area contributed by atoms with Crippen molar-refractivity contribution < 1.29 is 4.79 Å². The van der Waals surface area contributed by atoms with E-state index in [1.807, 2.05) is 60.0 Å². The lowest BCUT2D eigenvalue weighted by Gasteiger charge is -2.18. The Balaban J connectivity index is 1.62. The highest BCUT2D eigenvalue weighted by Crippen LogP contribution is 2.26. The third-order valence-corrected chi connectivity index (χ3v) is 4.90. The van der Waals surface area contributed by atoms with Gasteiger partial charge in [0.05, 0.1) is 11.7 Å². The second-order valence-corrected chi connectivity index (χ2v) is 6.62. The topological polar surface area (TPSA) is 72.7 Å². The molecule has 2 aromatic carbocycles. The van der Waals surface area contributed by atoms with Crippen molar-refractivity contribution in [3.63, 3.8) is 0 Å². The van der Waals surface area contributed by atoms with E-state index in [0.29, 0.717) is 5.56 Å². The van der Waals surface area contributed by atoms with Gasteiger partial charge in [-0.2, -0.15) is 0 Å². The Morgan fingerprint density at radius 1 is 1.04 bits per heavy atom. The number of carbonyl (C=O) groups excluding carboxylic acids is 1. The molecule has 0 fully saturated rings. The highest BCUT2D eigenvalue weighted by molar-refractivity contribution is 7.10. The van der Waals surface area contributed by atoms with E-state index in [-0.39, 0.29) is 11.9 Å². The van der Waals surface area contributed by atoms with Gasteiger partial charge in [0, 0.05) is 10.4 Å². The smallest absolute Gasteiger partial charge is 0.252 e. The number of benzene rings is 2.